The van der Waals surface area contributed by atoms with Crippen LogP contribution in [-0.4, -0.2) is 30.7 Å². The summed E-state index contributed by atoms with van der Waals surface area (Å²) in [4.78, 5) is 35.9. The molecule has 36 heavy (non-hydrogen) atoms. The Morgan fingerprint density at radius 2 is 2.00 bits per heavy atom. The van der Waals surface area contributed by atoms with Gasteiger partial charge in [-0.25, -0.2) is 9.97 Å². The van der Waals surface area contributed by atoms with Gasteiger partial charge in [0.15, 0.2) is 10.9 Å². The van der Waals surface area contributed by atoms with Crippen LogP contribution < -0.4 is 0 Å². The van der Waals surface area contributed by atoms with Crippen LogP contribution in [0.25, 0.3) is 21.9 Å². The van der Waals surface area contributed by atoms with Gasteiger partial charge in [0.05, 0.1) is 11.2 Å². The number of carbonyl (C=O) groups excluding carboxylic acids is 1. The Labute approximate surface area is 215 Å². The lowest BCUT2D eigenvalue weighted by molar-refractivity contribution is 0.0924. The number of rotatable bonds is 7. The van der Waals surface area contributed by atoms with E-state index in [0.29, 0.717) is 23.8 Å². The number of H-pyrrole nitrogens is 1. The van der Waals surface area contributed by atoms with Crippen molar-refractivity contribution < 1.29 is 6.22 Å². The smallest absolute Gasteiger partial charge is 0.194 e. The molecule has 182 valence electrons. The van der Waals surface area contributed by atoms with Crippen LogP contribution >= 0.6 is 11.8 Å². The molecule has 0 bridgehead atoms. The van der Waals surface area contributed by atoms with Gasteiger partial charge in [0.1, 0.15) is 5.65 Å². The van der Waals surface area contributed by atoms with Crippen molar-refractivity contribution in [3.8, 4) is 0 Å². The fourth-order valence-electron chi connectivity index (χ4n) is 5.25. The lowest BCUT2D eigenvalue weighted by Gasteiger charge is -2.35. The van der Waals surface area contributed by atoms with Crippen molar-refractivity contribution in [2.75, 3.05) is 0 Å². The number of aromatic nitrogens is 5. The largest absolute Gasteiger partial charge is 0.343 e. The normalized spacial score (nSPS) is 17.4. The number of ketones is 1. The van der Waals surface area contributed by atoms with Gasteiger partial charge in [-0.15, -0.1) is 0 Å². The number of nitrogens with zero attached hydrogens (tertiary/aromatic N) is 4. The van der Waals surface area contributed by atoms with E-state index in [-0.39, 0.29) is 7.21 Å². The van der Waals surface area contributed by atoms with Crippen molar-refractivity contribution in [1.29, 1.82) is 0 Å². The van der Waals surface area contributed by atoms with Gasteiger partial charge in [-0.1, -0.05) is 19.1 Å². The van der Waals surface area contributed by atoms with Gasteiger partial charge in [0, 0.05) is 59.3 Å². The minimum absolute atomic E-state index is 0. The van der Waals surface area contributed by atoms with Gasteiger partial charge in [-0.3, -0.25) is 14.8 Å². The fraction of sp³-hybridized carbons (Fsp3) is 0.276. The molecule has 0 spiro atoms. The molecule has 0 amide bonds. The van der Waals surface area contributed by atoms with E-state index in [1.807, 2.05) is 24.4 Å². The third kappa shape index (κ3) is 4.28. The zero-order valence-electron chi connectivity index (χ0n) is 20.4. The van der Waals surface area contributed by atoms with E-state index in [0.717, 1.165) is 56.9 Å². The predicted molar refractivity (Wildman–Crippen MR) is 145 cm³/mol. The van der Waals surface area contributed by atoms with E-state index in [2.05, 4.69) is 53.1 Å². The first-order chi connectivity index (χ1) is 17.6. The number of hydrogen-bond donors (Lipinski definition) is 1. The third-order valence-corrected chi connectivity index (χ3v) is 8.09. The molecule has 1 saturated carbocycles. The highest BCUT2D eigenvalue weighted by atomic mass is 32.2. The van der Waals surface area contributed by atoms with Gasteiger partial charge < -0.3 is 4.98 Å². The number of hydrogen-bond acceptors (Lipinski definition) is 6. The molecule has 0 atom stereocenters. The zero-order chi connectivity index (χ0) is 24.6. The van der Waals surface area contributed by atoms with Crippen LogP contribution in [0.1, 0.15) is 60.8 Å². The van der Waals surface area contributed by atoms with Gasteiger partial charge in [0.2, 0.25) is 0 Å². The molecule has 1 aliphatic carbocycles. The van der Waals surface area contributed by atoms with Crippen LogP contribution in [-0.2, 0) is 6.42 Å². The summed E-state index contributed by atoms with van der Waals surface area (Å²) in [6, 6.07) is 14.0. The highest BCUT2D eigenvalue weighted by molar-refractivity contribution is 7.99. The minimum Gasteiger partial charge on any atom is -0.343 e. The summed E-state index contributed by atoms with van der Waals surface area (Å²) in [5, 5.41) is 3.01. The molecule has 7 heteroatoms. The van der Waals surface area contributed by atoms with Crippen LogP contribution in [0.3, 0.4) is 0 Å². The third-order valence-electron chi connectivity index (χ3n) is 7.23. The molecule has 0 radical (unpaired) electrons. The van der Waals surface area contributed by atoms with E-state index >= 15 is 0 Å². The van der Waals surface area contributed by atoms with E-state index in [4.69, 9.17) is 9.97 Å². The van der Waals surface area contributed by atoms with Crippen molar-refractivity contribution in [3.63, 3.8) is 0 Å². The molecule has 0 unspecified atom stereocenters. The predicted octanol–water partition coefficient (Wildman–Crippen LogP) is 6.94. The summed E-state index contributed by atoms with van der Waals surface area (Å²) in [5.74, 6) is 0.881. The number of fused-ring (bicyclic) bond motifs is 2. The first-order valence-corrected chi connectivity index (χ1v) is 13.3. The standard InChI is InChI=1S/C29H27N5OS.H2/c1-3-23-17(2)26-27(21-12-18(13-21)14-25(35)20-7-4-10-30-16-20)33-29(34-28(26)32-23)36-22-9-8-19-6-5-11-31-24(19)15-22;/h4-11,15-16,18,21H,3,12-14H2,1-2H3,(H,32,33,34);1H. The second kappa shape index (κ2) is 9.47. The Morgan fingerprint density at radius 3 is 2.81 bits per heavy atom. The SMILES string of the molecule is CCc1[nH]c2nc(Sc3ccc4cccnc4c3)nc(C3CC(CC(=O)c4cccnc4)C3)c2c1C.[HH]. The van der Waals surface area contributed by atoms with Crippen molar-refractivity contribution in [2.24, 2.45) is 5.92 Å². The van der Waals surface area contributed by atoms with Gasteiger partial charge in [-0.05, 0) is 79.8 Å². The molecule has 1 aromatic carbocycles. The van der Waals surface area contributed by atoms with Crippen molar-refractivity contribution in [1.82, 2.24) is 24.9 Å². The maximum atomic E-state index is 12.7. The van der Waals surface area contributed by atoms with Gasteiger partial charge in [0.25, 0.3) is 0 Å². The van der Waals surface area contributed by atoms with Crippen LogP contribution in [0, 0.1) is 12.8 Å². The molecule has 1 fully saturated rings. The second-order valence-electron chi connectivity index (χ2n) is 9.56. The average molecular weight is 496 g/mol. The maximum absolute atomic E-state index is 12.7. The fourth-order valence-corrected chi connectivity index (χ4v) is 6.05. The number of pyridine rings is 2. The Balaban J connectivity index is 0.00000280. The number of carbonyl (C=O) groups is 1. The van der Waals surface area contributed by atoms with Crippen molar-refractivity contribution in [3.05, 3.63) is 83.6 Å². The number of aryl methyl sites for hydroxylation is 2. The lowest BCUT2D eigenvalue weighted by Crippen LogP contribution is -2.25. The minimum atomic E-state index is 0. The Morgan fingerprint density at radius 1 is 1.14 bits per heavy atom. The highest BCUT2D eigenvalue weighted by Gasteiger charge is 2.35. The lowest BCUT2D eigenvalue weighted by atomic mass is 9.70. The van der Waals surface area contributed by atoms with Crippen molar-refractivity contribution in [2.45, 2.75) is 55.5 Å². The number of aromatic amines is 1. The first-order valence-electron chi connectivity index (χ1n) is 12.4. The maximum Gasteiger partial charge on any atom is 0.194 e. The number of Topliss-reactive ketones (excluding diaryl/α,β-unsaturated/α-hetero) is 1. The summed E-state index contributed by atoms with van der Waals surface area (Å²) in [6.07, 6.45) is 8.60. The molecular weight excluding hydrogens is 466 g/mol. The topological polar surface area (TPSA) is 84.4 Å². The first kappa shape index (κ1) is 22.9. The van der Waals surface area contributed by atoms with Gasteiger partial charge in [-0.2, -0.15) is 0 Å². The summed E-state index contributed by atoms with van der Waals surface area (Å²) >= 11 is 1.57. The molecule has 6 nitrogen and oxygen atoms in total. The van der Waals surface area contributed by atoms with Gasteiger partial charge >= 0.3 is 0 Å². The van der Waals surface area contributed by atoms with Crippen LogP contribution in [0.4, 0.5) is 0 Å². The molecule has 5 aromatic rings. The summed E-state index contributed by atoms with van der Waals surface area (Å²) in [7, 11) is 0. The Kier molecular flexibility index (Phi) is 6.01. The van der Waals surface area contributed by atoms with E-state index < -0.39 is 0 Å². The average Bonchev–Trinajstić information content (AvgIpc) is 3.21. The Bertz CT molecular complexity index is 1580. The van der Waals surface area contributed by atoms with E-state index in [1.54, 1.807) is 24.2 Å². The molecular formula is C29H29N5OS. The van der Waals surface area contributed by atoms with Crippen molar-refractivity contribution >= 4 is 39.5 Å². The van der Waals surface area contributed by atoms with Crippen LogP contribution in [0.15, 0.2) is 71.1 Å². The molecule has 4 heterocycles. The molecule has 4 aromatic heterocycles. The highest BCUT2D eigenvalue weighted by Crippen LogP contribution is 2.46. The number of nitrogens with one attached hydrogen (secondary N) is 1. The molecule has 0 aliphatic heterocycles. The molecule has 1 aliphatic rings. The summed E-state index contributed by atoms with van der Waals surface area (Å²) in [6.45, 7) is 4.32. The molecule has 0 saturated heterocycles. The monoisotopic (exact) mass is 495 g/mol. The van der Waals surface area contributed by atoms with Crippen LogP contribution in [0.5, 0.6) is 0 Å². The van der Waals surface area contributed by atoms with E-state index in [9.17, 15) is 4.79 Å². The number of benzene rings is 1. The Hall–Kier alpha value is -3.58. The quantitative estimate of drug-likeness (QED) is 0.195. The summed E-state index contributed by atoms with van der Waals surface area (Å²) in [5.41, 5.74) is 6.13. The van der Waals surface area contributed by atoms with E-state index in [1.165, 1.54) is 11.3 Å². The zero-order valence-corrected chi connectivity index (χ0v) is 21.2. The second-order valence-corrected chi connectivity index (χ2v) is 10.6. The van der Waals surface area contributed by atoms with Crippen LogP contribution in [0.2, 0.25) is 0 Å². The summed E-state index contributed by atoms with van der Waals surface area (Å²) < 4.78 is 0. The molecule has 6 rings (SSSR count). The molecule has 1 N–H and O–H groups in total.